The molecule has 2 amide bonds. The molecule has 0 aromatic heterocycles. The monoisotopic (exact) mass is 339 g/mol. The first-order chi connectivity index (χ1) is 12.1. The van der Waals surface area contributed by atoms with Crippen LogP contribution < -0.4 is 15.5 Å². The number of amides is 2. The van der Waals surface area contributed by atoms with Gasteiger partial charge in [-0.15, -0.1) is 0 Å². The van der Waals surface area contributed by atoms with Crippen LogP contribution in [0.15, 0.2) is 60.7 Å². The SMILES string of the molecule is CC(NC(=O)c1ccccc1)C(=O)NCCCN(C)c1ccccc1. The van der Waals surface area contributed by atoms with Gasteiger partial charge >= 0.3 is 0 Å². The van der Waals surface area contributed by atoms with Crippen LogP contribution in [0, 0.1) is 0 Å². The van der Waals surface area contributed by atoms with Crippen LogP contribution in [0.2, 0.25) is 0 Å². The number of nitrogens with one attached hydrogen (secondary N) is 2. The minimum atomic E-state index is -0.570. The summed E-state index contributed by atoms with van der Waals surface area (Å²) in [7, 11) is 2.03. The Morgan fingerprint density at radius 2 is 1.60 bits per heavy atom. The second-order valence-corrected chi connectivity index (χ2v) is 5.96. The van der Waals surface area contributed by atoms with Crippen molar-refractivity contribution in [2.45, 2.75) is 19.4 Å². The van der Waals surface area contributed by atoms with E-state index >= 15 is 0 Å². The highest BCUT2D eigenvalue weighted by Gasteiger charge is 2.15. The molecular weight excluding hydrogens is 314 g/mol. The maximum Gasteiger partial charge on any atom is 0.251 e. The third-order valence-electron chi connectivity index (χ3n) is 3.94. The Kier molecular flexibility index (Phi) is 7.01. The molecule has 2 rings (SSSR count). The van der Waals surface area contributed by atoms with Gasteiger partial charge in [0.2, 0.25) is 5.91 Å². The van der Waals surface area contributed by atoms with Gasteiger partial charge in [0.1, 0.15) is 6.04 Å². The van der Waals surface area contributed by atoms with Crippen LogP contribution in [0.5, 0.6) is 0 Å². The summed E-state index contributed by atoms with van der Waals surface area (Å²) in [5, 5.41) is 5.58. The molecule has 0 aliphatic rings. The van der Waals surface area contributed by atoms with E-state index in [1.54, 1.807) is 31.2 Å². The molecular formula is C20H25N3O2. The van der Waals surface area contributed by atoms with E-state index in [1.165, 1.54) is 0 Å². The van der Waals surface area contributed by atoms with Crippen molar-refractivity contribution in [1.29, 1.82) is 0 Å². The Balaban J connectivity index is 1.68. The predicted molar refractivity (Wildman–Crippen MR) is 101 cm³/mol. The van der Waals surface area contributed by atoms with Crippen molar-refractivity contribution >= 4 is 17.5 Å². The van der Waals surface area contributed by atoms with Crippen LogP contribution in [0.4, 0.5) is 5.69 Å². The van der Waals surface area contributed by atoms with Gasteiger partial charge in [-0.25, -0.2) is 0 Å². The minimum absolute atomic E-state index is 0.174. The Hall–Kier alpha value is -2.82. The summed E-state index contributed by atoms with van der Waals surface area (Å²) in [6.07, 6.45) is 0.830. The largest absolute Gasteiger partial charge is 0.375 e. The second-order valence-electron chi connectivity index (χ2n) is 5.96. The predicted octanol–water partition coefficient (Wildman–Crippen LogP) is 2.45. The number of para-hydroxylation sites is 1. The first-order valence-electron chi connectivity index (χ1n) is 8.47. The fourth-order valence-electron chi connectivity index (χ4n) is 2.43. The van der Waals surface area contributed by atoms with E-state index in [4.69, 9.17) is 0 Å². The number of rotatable bonds is 8. The molecule has 2 aromatic carbocycles. The molecule has 0 fully saturated rings. The summed E-state index contributed by atoms with van der Waals surface area (Å²) in [5.74, 6) is -0.418. The van der Waals surface area contributed by atoms with Gasteiger partial charge in [0, 0.05) is 31.4 Å². The summed E-state index contributed by atoms with van der Waals surface area (Å²) in [4.78, 5) is 26.3. The van der Waals surface area contributed by atoms with E-state index in [0.717, 1.165) is 18.7 Å². The molecule has 0 saturated carbocycles. The lowest BCUT2D eigenvalue weighted by atomic mass is 10.2. The lowest BCUT2D eigenvalue weighted by Crippen LogP contribution is -2.45. The summed E-state index contributed by atoms with van der Waals surface area (Å²) in [5.41, 5.74) is 1.70. The first-order valence-corrected chi connectivity index (χ1v) is 8.47. The minimum Gasteiger partial charge on any atom is -0.375 e. The topological polar surface area (TPSA) is 61.4 Å². The van der Waals surface area contributed by atoms with Crippen molar-refractivity contribution in [3.05, 3.63) is 66.2 Å². The Bertz CT molecular complexity index is 674. The molecule has 0 aliphatic heterocycles. The van der Waals surface area contributed by atoms with Crippen molar-refractivity contribution < 1.29 is 9.59 Å². The highest BCUT2D eigenvalue weighted by atomic mass is 16.2. The standard InChI is InChI=1S/C20H25N3O2/c1-16(22-20(25)17-10-5-3-6-11-17)19(24)21-14-9-15-23(2)18-12-7-4-8-13-18/h3-8,10-13,16H,9,14-15H2,1-2H3,(H,21,24)(H,22,25). The van der Waals surface area contributed by atoms with Crippen LogP contribution in [0.3, 0.4) is 0 Å². The van der Waals surface area contributed by atoms with Gasteiger partial charge in [-0.3, -0.25) is 9.59 Å². The van der Waals surface area contributed by atoms with Gasteiger partial charge in [-0.1, -0.05) is 36.4 Å². The average Bonchev–Trinajstić information content (AvgIpc) is 2.66. The fourth-order valence-corrected chi connectivity index (χ4v) is 2.43. The number of nitrogens with zero attached hydrogens (tertiary/aromatic N) is 1. The summed E-state index contributed by atoms with van der Waals surface area (Å²) in [6.45, 7) is 3.10. The Morgan fingerprint density at radius 3 is 2.24 bits per heavy atom. The molecule has 5 nitrogen and oxygen atoms in total. The highest BCUT2D eigenvalue weighted by molar-refractivity contribution is 5.97. The van der Waals surface area contributed by atoms with Crippen LogP contribution in [0.1, 0.15) is 23.7 Å². The molecule has 5 heteroatoms. The molecule has 1 atom stereocenters. The zero-order valence-electron chi connectivity index (χ0n) is 14.7. The van der Waals surface area contributed by atoms with Gasteiger partial charge in [0.15, 0.2) is 0 Å². The lowest BCUT2D eigenvalue weighted by molar-refractivity contribution is -0.122. The van der Waals surface area contributed by atoms with E-state index in [1.807, 2.05) is 31.3 Å². The smallest absolute Gasteiger partial charge is 0.251 e. The molecule has 0 bridgehead atoms. The zero-order chi connectivity index (χ0) is 18.1. The fraction of sp³-hybridized carbons (Fsp3) is 0.300. The van der Waals surface area contributed by atoms with Crippen LogP contribution in [0.25, 0.3) is 0 Å². The second kappa shape index (κ2) is 9.47. The average molecular weight is 339 g/mol. The number of anilines is 1. The summed E-state index contributed by atoms with van der Waals surface area (Å²) < 4.78 is 0. The first kappa shape index (κ1) is 18.5. The molecule has 0 heterocycles. The van der Waals surface area contributed by atoms with Crippen molar-refractivity contribution in [1.82, 2.24) is 10.6 Å². The van der Waals surface area contributed by atoms with E-state index in [-0.39, 0.29) is 11.8 Å². The van der Waals surface area contributed by atoms with Gasteiger partial charge in [0.05, 0.1) is 0 Å². The normalized spacial score (nSPS) is 11.4. The third kappa shape index (κ3) is 5.95. The molecule has 0 radical (unpaired) electrons. The van der Waals surface area contributed by atoms with Gasteiger partial charge in [0.25, 0.3) is 5.91 Å². The lowest BCUT2D eigenvalue weighted by Gasteiger charge is -2.19. The zero-order valence-corrected chi connectivity index (χ0v) is 14.7. The summed E-state index contributed by atoms with van der Waals surface area (Å²) in [6, 6.07) is 18.4. The molecule has 0 spiro atoms. The number of hydrogen-bond acceptors (Lipinski definition) is 3. The number of benzene rings is 2. The molecule has 132 valence electrons. The van der Waals surface area contributed by atoms with Crippen molar-refractivity contribution in [2.75, 3.05) is 25.0 Å². The molecule has 2 aromatic rings. The molecule has 2 N–H and O–H groups in total. The quantitative estimate of drug-likeness (QED) is 0.726. The van der Waals surface area contributed by atoms with E-state index in [9.17, 15) is 9.59 Å². The van der Waals surface area contributed by atoms with Crippen molar-refractivity contribution in [3.63, 3.8) is 0 Å². The van der Waals surface area contributed by atoms with Gasteiger partial charge in [-0.05, 0) is 37.6 Å². The summed E-state index contributed by atoms with van der Waals surface area (Å²) >= 11 is 0. The van der Waals surface area contributed by atoms with Crippen LogP contribution in [-0.4, -0.2) is 38.0 Å². The number of carbonyl (C=O) groups is 2. The van der Waals surface area contributed by atoms with E-state index in [2.05, 4.69) is 27.7 Å². The highest BCUT2D eigenvalue weighted by Crippen LogP contribution is 2.10. The molecule has 0 saturated heterocycles. The van der Waals surface area contributed by atoms with Crippen molar-refractivity contribution in [2.24, 2.45) is 0 Å². The third-order valence-corrected chi connectivity index (χ3v) is 3.94. The van der Waals surface area contributed by atoms with Crippen LogP contribution in [-0.2, 0) is 4.79 Å². The van der Waals surface area contributed by atoms with E-state index in [0.29, 0.717) is 12.1 Å². The Labute approximate surface area is 149 Å². The van der Waals surface area contributed by atoms with Gasteiger partial charge in [-0.2, -0.15) is 0 Å². The molecule has 1 unspecified atom stereocenters. The molecule has 0 aliphatic carbocycles. The van der Waals surface area contributed by atoms with Crippen molar-refractivity contribution in [3.8, 4) is 0 Å². The molecule has 25 heavy (non-hydrogen) atoms. The Morgan fingerprint density at radius 1 is 1.00 bits per heavy atom. The number of hydrogen-bond donors (Lipinski definition) is 2. The maximum atomic E-state index is 12.1. The van der Waals surface area contributed by atoms with E-state index < -0.39 is 6.04 Å². The van der Waals surface area contributed by atoms with Crippen LogP contribution >= 0.6 is 0 Å². The van der Waals surface area contributed by atoms with Gasteiger partial charge < -0.3 is 15.5 Å². The number of carbonyl (C=O) groups excluding carboxylic acids is 2. The maximum absolute atomic E-state index is 12.1.